The van der Waals surface area contributed by atoms with Gasteiger partial charge in [0.2, 0.25) is 5.91 Å². The van der Waals surface area contributed by atoms with E-state index in [4.69, 9.17) is 4.74 Å². The van der Waals surface area contributed by atoms with Gasteiger partial charge in [0.15, 0.2) is 0 Å². The Bertz CT molecular complexity index is 284. The Hall–Kier alpha value is -1.26. The second-order valence-electron chi connectivity index (χ2n) is 5.63. The summed E-state index contributed by atoms with van der Waals surface area (Å²) in [5.74, 6) is 0.240. The van der Waals surface area contributed by atoms with Crippen molar-refractivity contribution in [3.05, 3.63) is 0 Å². The zero-order chi connectivity index (χ0) is 14.3. The fourth-order valence-electron chi connectivity index (χ4n) is 1.12. The largest absolute Gasteiger partial charge is 0.444 e. The molecule has 0 bridgehead atoms. The Morgan fingerprint density at radius 3 is 2.22 bits per heavy atom. The van der Waals surface area contributed by atoms with Crippen LogP contribution in [0.2, 0.25) is 0 Å². The van der Waals surface area contributed by atoms with Gasteiger partial charge in [0.25, 0.3) is 0 Å². The monoisotopic (exact) mass is 258 g/mol. The predicted octanol–water partition coefficient (Wildman–Crippen LogP) is 2.06. The highest BCUT2D eigenvalue weighted by Crippen LogP contribution is 2.06. The Labute approximate surface area is 110 Å². The van der Waals surface area contributed by atoms with Crippen LogP contribution in [0.3, 0.4) is 0 Å². The van der Waals surface area contributed by atoms with Gasteiger partial charge in [0.05, 0.1) is 0 Å². The van der Waals surface area contributed by atoms with Crippen molar-refractivity contribution in [2.45, 2.75) is 59.6 Å². The minimum atomic E-state index is -0.594. The Morgan fingerprint density at radius 1 is 1.22 bits per heavy atom. The zero-order valence-corrected chi connectivity index (χ0v) is 12.3. The number of hydrogen-bond acceptors (Lipinski definition) is 3. The van der Waals surface area contributed by atoms with Gasteiger partial charge in [-0.1, -0.05) is 20.3 Å². The number of carbonyl (C=O) groups is 2. The van der Waals surface area contributed by atoms with E-state index in [0.29, 0.717) is 12.5 Å². The molecule has 5 heteroatoms. The van der Waals surface area contributed by atoms with Crippen LogP contribution in [0.5, 0.6) is 0 Å². The highest BCUT2D eigenvalue weighted by atomic mass is 16.6. The smallest absolute Gasteiger partial charge is 0.408 e. The summed E-state index contributed by atoms with van der Waals surface area (Å²) in [6.07, 6.45) is 0.433. The Balaban J connectivity index is 4.04. The molecule has 2 atom stereocenters. The maximum atomic E-state index is 11.7. The number of alkyl carbamates (subject to hydrolysis) is 1. The first kappa shape index (κ1) is 16.7. The number of amides is 2. The number of rotatable bonds is 5. The summed E-state index contributed by atoms with van der Waals surface area (Å²) < 4.78 is 5.08. The molecule has 0 radical (unpaired) electrons. The molecule has 5 nitrogen and oxygen atoms in total. The lowest BCUT2D eigenvalue weighted by atomic mass is 10.1. The van der Waals surface area contributed by atoms with Crippen LogP contribution >= 0.6 is 0 Å². The van der Waals surface area contributed by atoms with Crippen molar-refractivity contribution in [2.24, 2.45) is 5.92 Å². The van der Waals surface area contributed by atoms with Crippen molar-refractivity contribution in [2.75, 3.05) is 6.54 Å². The van der Waals surface area contributed by atoms with E-state index in [9.17, 15) is 9.59 Å². The standard InChI is InChI=1S/C13H26N2O3/c1-7-9(2)8-14-11(16)10(3)15-12(17)18-13(4,5)6/h9-10H,7-8H2,1-6H3,(H,14,16)(H,15,17). The molecular weight excluding hydrogens is 232 g/mol. The third kappa shape index (κ3) is 7.92. The number of nitrogens with one attached hydrogen (secondary N) is 2. The third-order valence-electron chi connectivity index (χ3n) is 2.45. The van der Waals surface area contributed by atoms with E-state index < -0.39 is 17.7 Å². The normalized spacial score (nSPS) is 14.6. The van der Waals surface area contributed by atoms with Gasteiger partial charge >= 0.3 is 6.09 Å². The number of carbonyl (C=O) groups excluding carboxylic acids is 2. The average molecular weight is 258 g/mol. The topological polar surface area (TPSA) is 67.4 Å². The van der Waals surface area contributed by atoms with Gasteiger partial charge < -0.3 is 15.4 Å². The van der Waals surface area contributed by atoms with Crippen molar-refractivity contribution >= 4 is 12.0 Å². The SMILES string of the molecule is CCC(C)CNC(=O)C(C)NC(=O)OC(C)(C)C. The van der Waals surface area contributed by atoms with Crippen molar-refractivity contribution < 1.29 is 14.3 Å². The minimum absolute atomic E-state index is 0.193. The van der Waals surface area contributed by atoms with Gasteiger partial charge in [-0.25, -0.2) is 4.79 Å². The van der Waals surface area contributed by atoms with E-state index in [1.165, 1.54) is 0 Å². The predicted molar refractivity (Wildman–Crippen MR) is 71.3 cm³/mol. The fraction of sp³-hybridized carbons (Fsp3) is 0.846. The Kier molecular flexibility index (Phi) is 6.73. The van der Waals surface area contributed by atoms with Crippen LogP contribution in [0.25, 0.3) is 0 Å². The number of hydrogen-bond donors (Lipinski definition) is 2. The number of ether oxygens (including phenoxy) is 1. The quantitative estimate of drug-likeness (QED) is 0.793. The van der Waals surface area contributed by atoms with E-state index >= 15 is 0 Å². The first-order valence-corrected chi connectivity index (χ1v) is 6.43. The lowest BCUT2D eigenvalue weighted by Gasteiger charge is -2.22. The maximum absolute atomic E-state index is 11.7. The second-order valence-corrected chi connectivity index (χ2v) is 5.63. The van der Waals surface area contributed by atoms with Crippen LogP contribution in [0.15, 0.2) is 0 Å². The molecule has 0 aliphatic rings. The highest BCUT2D eigenvalue weighted by molar-refractivity contribution is 5.85. The van der Waals surface area contributed by atoms with E-state index in [-0.39, 0.29) is 5.91 Å². The van der Waals surface area contributed by atoms with Gasteiger partial charge in [-0.2, -0.15) is 0 Å². The van der Waals surface area contributed by atoms with Crippen molar-refractivity contribution in [1.82, 2.24) is 10.6 Å². The van der Waals surface area contributed by atoms with Crippen LogP contribution in [0.1, 0.15) is 48.0 Å². The summed E-state index contributed by atoms with van der Waals surface area (Å²) in [4.78, 5) is 23.1. The second kappa shape index (κ2) is 7.24. The van der Waals surface area contributed by atoms with Crippen molar-refractivity contribution in [1.29, 1.82) is 0 Å². The lowest BCUT2D eigenvalue weighted by molar-refractivity contribution is -0.122. The maximum Gasteiger partial charge on any atom is 0.408 e. The van der Waals surface area contributed by atoms with Gasteiger partial charge in [-0.3, -0.25) is 4.79 Å². The van der Waals surface area contributed by atoms with Gasteiger partial charge in [0.1, 0.15) is 11.6 Å². The van der Waals surface area contributed by atoms with Crippen LogP contribution in [-0.4, -0.2) is 30.2 Å². The minimum Gasteiger partial charge on any atom is -0.444 e. The van der Waals surface area contributed by atoms with E-state index in [2.05, 4.69) is 24.5 Å². The molecule has 0 saturated heterocycles. The third-order valence-corrected chi connectivity index (χ3v) is 2.45. The molecule has 0 spiro atoms. The molecule has 0 heterocycles. The zero-order valence-electron chi connectivity index (χ0n) is 12.3. The van der Waals surface area contributed by atoms with Crippen LogP contribution in [-0.2, 0) is 9.53 Å². The van der Waals surface area contributed by atoms with Crippen LogP contribution in [0, 0.1) is 5.92 Å². The molecular formula is C13H26N2O3. The fourth-order valence-corrected chi connectivity index (χ4v) is 1.12. The molecule has 0 aliphatic heterocycles. The molecule has 0 fully saturated rings. The molecule has 0 aromatic carbocycles. The van der Waals surface area contributed by atoms with Crippen molar-refractivity contribution in [3.8, 4) is 0 Å². The van der Waals surface area contributed by atoms with E-state index in [0.717, 1.165) is 6.42 Å². The molecule has 2 amide bonds. The first-order chi connectivity index (χ1) is 8.15. The average Bonchev–Trinajstić information content (AvgIpc) is 2.22. The summed E-state index contributed by atoms with van der Waals surface area (Å²) in [5, 5.41) is 5.30. The lowest BCUT2D eigenvalue weighted by Crippen LogP contribution is -2.47. The molecule has 0 aliphatic carbocycles. The summed E-state index contributed by atoms with van der Waals surface area (Å²) in [6, 6.07) is -0.594. The van der Waals surface area contributed by atoms with Crippen LogP contribution in [0.4, 0.5) is 4.79 Å². The molecule has 0 rings (SSSR count). The van der Waals surface area contributed by atoms with E-state index in [1.807, 2.05) is 0 Å². The molecule has 18 heavy (non-hydrogen) atoms. The molecule has 2 N–H and O–H groups in total. The molecule has 0 aromatic heterocycles. The molecule has 2 unspecified atom stereocenters. The molecule has 106 valence electrons. The van der Waals surface area contributed by atoms with Gasteiger partial charge in [0, 0.05) is 6.54 Å². The highest BCUT2D eigenvalue weighted by Gasteiger charge is 2.20. The van der Waals surface area contributed by atoms with E-state index in [1.54, 1.807) is 27.7 Å². The molecule has 0 saturated carbocycles. The van der Waals surface area contributed by atoms with Crippen LogP contribution < -0.4 is 10.6 Å². The molecule has 0 aromatic rings. The summed E-state index contributed by atoms with van der Waals surface area (Å²) >= 11 is 0. The van der Waals surface area contributed by atoms with Crippen molar-refractivity contribution in [3.63, 3.8) is 0 Å². The summed E-state index contributed by atoms with van der Waals surface area (Å²) in [6.45, 7) is 11.7. The van der Waals surface area contributed by atoms with Gasteiger partial charge in [-0.15, -0.1) is 0 Å². The van der Waals surface area contributed by atoms with Gasteiger partial charge in [-0.05, 0) is 33.6 Å². The first-order valence-electron chi connectivity index (χ1n) is 6.43. The Morgan fingerprint density at radius 2 is 1.78 bits per heavy atom. The summed E-state index contributed by atoms with van der Waals surface area (Å²) in [7, 11) is 0. The summed E-state index contributed by atoms with van der Waals surface area (Å²) in [5.41, 5.74) is -0.559.